The summed E-state index contributed by atoms with van der Waals surface area (Å²) in [4.78, 5) is 32.5. The van der Waals surface area contributed by atoms with Gasteiger partial charge in [-0.05, 0) is 30.9 Å². The molecule has 0 N–H and O–H groups in total. The lowest BCUT2D eigenvalue weighted by molar-refractivity contribution is -0.145. The number of nitrogens with zero attached hydrogens (tertiary/aromatic N) is 3. The van der Waals surface area contributed by atoms with Crippen molar-refractivity contribution in [1.29, 1.82) is 0 Å². The van der Waals surface area contributed by atoms with Crippen LogP contribution >= 0.6 is 0 Å². The second kappa shape index (κ2) is 7.30. The number of ether oxygens (including phenoxy) is 1. The summed E-state index contributed by atoms with van der Waals surface area (Å²) in [5.74, 6) is 0.247. The van der Waals surface area contributed by atoms with Gasteiger partial charge in [0, 0.05) is 57.5 Å². The third kappa shape index (κ3) is 3.75. The number of hydrogen-bond acceptors (Lipinski definition) is 4. The maximum absolute atomic E-state index is 12.3. The SMILES string of the molecule is COCC(=O)N1CCCC2(CCC(=O)N(Cc3cccnc3)C2)C1. The standard InChI is InChI=1S/C18H25N3O3/c1-24-12-17(23)20-9-3-6-18(13-20)7-5-16(22)21(14-18)11-15-4-2-8-19-10-15/h2,4,8,10H,3,5-7,9,11-14H2,1H3. The molecule has 2 fully saturated rings. The van der Waals surface area contributed by atoms with Gasteiger partial charge in [-0.1, -0.05) is 6.07 Å². The van der Waals surface area contributed by atoms with Crippen molar-refractivity contribution in [3.8, 4) is 0 Å². The number of aromatic nitrogens is 1. The van der Waals surface area contributed by atoms with E-state index >= 15 is 0 Å². The van der Waals surface area contributed by atoms with Gasteiger partial charge in [0.1, 0.15) is 6.61 Å². The molecule has 1 spiro atoms. The molecule has 6 nitrogen and oxygen atoms in total. The first-order valence-corrected chi connectivity index (χ1v) is 8.55. The number of amides is 2. The Kier molecular flexibility index (Phi) is 5.14. The van der Waals surface area contributed by atoms with Crippen LogP contribution in [0.25, 0.3) is 0 Å². The van der Waals surface area contributed by atoms with Crippen molar-refractivity contribution in [2.75, 3.05) is 33.4 Å². The molecule has 1 aromatic heterocycles. The fourth-order valence-electron chi connectivity index (χ4n) is 3.93. The van der Waals surface area contributed by atoms with E-state index < -0.39 is 0 Å². The zero-order chi connectivity index (χ0) is 17.0. The third-order valence-corrected chi connectivity index (χ3v) is 5.13. The zero-order valence-electron chi connectivity index (χ0n) is 14.2. The predicted molar refractivity (Wildman–Crippen MR) is 89.0 cm³/mol. The normalized spacial score (nSPS) is 24.5. The van der Waals surface area contributed by atoms with Gasteiger partial charge in [-0.3, -0.25) is 14.6 Å². The van der Waals surface area contributed by atoms with Crippen LogP contribution in [0.2, 0.25) is 0 Å². The third-order valence-electron chi connectivity index (χ3n) is 5.13. The highest BCUT2D eigenvalue weighted by Crippen LogP contribution is 2.39. The lowest BCUT2D eigenvalue weighted by Crippen LogP contribution is -2.55. The maximum atomic E-state index is 12.3. The van der Waals surface area contributed by atoms with Gasteiger partial charge < -0.3 is 14.5 Å². The molecule has 2 aliphatic rings. The molecule has 3 heterocycles. The first kappa shape index (κ1) is 16.9. The van der Waals surface area contributed by atoms with Gasteiger partial charge in [-0.25, -0.2) is 0 Å². The van der Waals surface area contributed by atoms with Crippen molar-refractivity contribution in [2.45, 2.75) is 32.2 Å². The Labute approximate surface area is 142 Å². The van der Waals surface area contributed by atoms with E-state index in [1.54, 1.807) is 13.3 Å². The summed E-state index contributed by atoms with van der Waals surface area (Å²) in [6, 6.07) is 3.89. The lowest BCUT2D eigenvalue weighted by atomic mass is 9.73. The lowest BCUT2D eigenvalue weighted by Gasteiger charge is -2.48. The van der Waals surface area contributed by atoms with Gasteiger partial charge in [0.25, 0.3) is 0 Å². The molecular weight excluding hydrogens is 306 g/mol. The van der Waals surface area contributed by atoms with E-state index in [1.165, 1.54) is 0 Å². The number of methoxy groups -OCH3 is 1. The van der Waals surface area contributed by atoms with Crippen LogP contribution in [-0.2, 0) is 20.9 Å². The summed E-state index contributed by atoms with van der Waals surface area (Å²) >= 11 is 0. The summed E-state index contributed by atoms with van der Waals surface area (Å²) in [5, 5.41) is 0. The van der Waals surface area contributed by atoms with Crippen molar-refractivity contribution < 1.29 is 14.3 Å². The largest absolute Gasteiger partial charge is 0.375 e. The van der Waals surface area contributed by atoms with Crippen LogP contribution in [0.1, 0.15) is 31.2 Å². The number of carbonyl (C=O) groups excluding carboxylic acids is 2. The Morgan fingerprint density at radius 2 is 2.25 bits per heavy atom. The molecule has 0 radical (unpaired) electrons. The van der Waals surface area contributed by atoms with Crippen LogP contribution in [0.4, 0.5) is 0 Å². The summed E-state index contributed by atoms with van der Waals surface area (Å²) in [6.07, 6.45) is 7.04. The molecule has 3 rings (SSSR count). The smallest absolute Gasteiger partial charge is 0.248 e. The molecule has 0 bridgehead atoms. The average Bonchev–Trinajstić information content (AvgIpc) is 2.60. The monoisotopic (exact) mass is 331 g/mol. The molecule has 0 aromatic carbocycles. The Balaban J connectivity index is 1.69. The fourth-order valence-corrected chi connectivity index (χ4v) is 3.93. The number of piperidine rings is 2. The Bertz CT molecular complexity index is 592. The first-order chi connectivity index (χ1) is 11.6. The minimum atomic E-state index is 0.0256. The maximum Gasteiger partial charge on any atom is 0.248 e. The van der Waals surface area contributed by atoms with E-state index in [4.69, 9.17) is 4.74 Å². The van der Waals surface area contributed by atoms with E-state index in [0.29, 0.717) is 13.0 Å². The number of carbonyl (C=O) groups is 2. The highest BCUT2D eigenvalue weighted by molar-refractivity contribution is 5.78. The second-order valence-electron chi connectivity index (χ2n) is 6.96. The van der Waals surface area contributed by atoms with Crippen molar-refractivity contribution in [3.05, 3.63) is 30.1 Å². The van der Waals surface area contributed by atoms with Gasteiger partial charge in [0.2, 0.25) is 11.8 Å². The fraction of sp³-hybridized carbons (Fsp3) is 0.611. The molecule has 24 heavy (non-hydrogen) atoms. The highest BCUT2D eigenvalue weighted by atomic mass is 16.5. The molecule has 1 atom stereocenters. The highest BCUT2D eigenvalue weighted by Gasteiger charge is 2.42. The van der Waals surface area contributed by atoms with E-state index in [-0.39, 0.29) is 23.8 Å². The predicted octanol–water partition coefficient (Wildman–Crippen LogP) is 1.46. The van der Waals surface area contributed by atoms with Crippen LogP contribution in [0.3, 0.4) is 0 Å². The molecule has 2 saturated heterocycles. The number of hydrogen-bond donors (Lipinski definition) is 0. The molecule has 6 heteroatoms. The Morgan fingerprint density at radius 3 is 3.00 bits per heavy atom. The Hall–Kier alpha value is -1.95. The first-order valence-electron chi connectivity index (χ1n) is 8.55. The quantitative estimate of drug-likeness (QED) is 0.838. The molecule has 130 valence electrons. The van der Waals surface area contributed by atoms with E-state index in [9.17, 15) is 9.59 Å². The number of rotatable bonds is 4. The molecule has 1 unspecified atom stereocenters. The van der Waals surface area contributed by atoms with E-state index in [0.717, 1.165) is 44.5 Å². The number of likely N-dealkylation sites (tertiary alicyclic amines) is 2. The molecular formula is C18H25N3O3. The van der Waals surface area contributed by atoms with Crippen molar-refractivity contribution in [2.24, 2.45) is 5.41 Å². The summed E-state index contributed by atoms with van der Waals surface area (Å²) < 4.78 is 4.99. The molecule has 1 aromatic rings. The van der Waals surface area contributed by atoms with Gasteiger partial charge in [0.15, 0.2) is 0 Å². The minimum absolute atomic E-state index is 0.0256. The van der Waals surface area contributed by atoms with Crippen LogP contribution in [0.15, 0.2) is 24.5 Å². The van der Waals surface area contributed by atoms with Crippen LogP contribution in [0, 0.1) is 5.41 Å². The zero-order valence-corrected chi connectivity index (χ0v) is 14.2. The molecule has 0 aliphatic carbocycles. The average molecular weight is 331 g/mol. The van der Waals surface area contributed by atoms with Crippen LogP contribution in [-0.4, -0.2) is 59.9 Å². The van der Waals surface area contributed by atoms with E-state index in [2.05, 4.69) is 4.98 Å². The van der Waals surface area contributed by atoms with Crippen molar-refractivity contribution in [1.82, 2.24) is 14.8 Å². The van der Waals surface area contributed by atoms with Crippen LogP contribution < -0.4 is 0 Å². The van der Waals surface area contributed by atoms with Crippen molar-refractivity contribution >= 4 is 11.8 Å². The van der Waals surface area contributed by atoms with Gasteiger partial charge in [0.05, 0.1) is 0 Å². The van der Waals surface area contributed by atoms with Gasteiger partial charge >= 0.3 is 0 Å². The minimum Gasteiger partial charge on any atom is -0.375 e. The Morgan fingerprint density at radius 1 is 1.38 bits per heavy atom. The summed E-state index contributed by atoms with van der Waals surface area (Å²) in [5.41, 5.74) is 1.07. The number of pyridine rings is 1. The molecule has 2 aliphatic heterocycles. The van der Waals surface area contributed by atoms with Crippen LogP contribution in [0.5, 0.6) is 0 Å². The summed E-state index contributed by atoms with van der Waals surface area (Å²) in [7, 11) is 1.55. The second-order valence-corrected chi connectivity index (χ2v) is 6.96. The summed E-state index contributed by atoms with van der Waals surface area (Å²) in [6.45, 7) is 2.97. The topological polar surface area (TPSA) is 62.7 Å². The molecule has 2 amide bonds. The van der Waals surface area contributed by atoms with Gasteiger partial charge in [-0.2, -0.15) is 0 Å². The van der Waals surface area contributed by atoms with Gasteiger partial charge in [-0.15, -0.1) is 0 Å². The molecule has 0 saturated carbocycles. The van der Waals surface area contributed by atoms with E-state index in [1.807, 2.05) is 28.1 Å². The van der Waals surface area contributed by atoms with Crippen molar-refractivity contribution in [3.63, 3.8) is 0 Å².